The molecule has 282 valence electrons. The first-order valence-electron chi connectivity index (χ1n) is 17.9. The smallest absolute Gasteiger partial charge is 0.344 e. The number of methoxy groups -OCH3 is 1. The maximum atomic E-state index is 13.6. The van der Waals surface area contributed by atoms with Gasteiger partial charge in [-0.2, -0.15) is 0 Å². The van der Waals surface area contributed by atoms with Crippen molar-refractivity contribution in [3.63, 3.8) is 0 Å². The van der Waals surface area contributed by atoms with Crippen molar-refractivity contribution in [1.29, 1.82) is 0 Å². The normalized spacial score (nSPS) is 11.1. The summed E-state index contributed by atoms with van der Waals surface area (Å²) in [5, 5.41) is 0.641. The fraction of sp³-hybridized carbons (Fsp3) is 0.149. The highest BCUT2D eigenvalue weighted by atomic mass is 16.5. The monoisotopic (exact) mass is 748 g/mol. The Morgan fingerprint density at radius 1 is 0.625 bits per heavy atom. The molecule has 0 fully saturated rings. The fourth-order valence-corrected chi connectivity index (χ4v) is 6.10. The number of fused-ring (bicyclic) bond motifs is 1. The summed E-state index contributed by atoms with van der Waals surface area (Å²) in [6.07, 6.45) is 2.85. The zero-order valence-electron chi connectivity index (χ0n) is 31.8. The predicted molar refractivity (Wildman–Crippen MR) is 217 cm³/mol. The fourth-order valence-electron chi connectivity index (χ4n) is 6.10. The van der Waals surface area contributed by atoms with Gasteiger partial charge in [-0.25, -0.2) is 14.4 Å². The van der Waals surface area contributed by atoms with Gasteiger partial charge in [0.2, 0.25) is 0 Å². The molecule has 0 bridgehead atoms. The molecule has 1 heterocycles. The van der Waals surface area contributed by atoms with Gasteiger partial charge in [0.15, 0.2) is 0 Å². The minimum Gasteiger partial charge on any atom is -0.496 e. The second-order valence-electron chi connectivity index (χ2n) is 13.9. The van der Waals surface area contributed by atoms with Crippen molar-refractivity contribution in [2.75, 3.05) is 7.11 Å². The second-order valence-corrected chi connectivity index (χ2v) is 13.9. The number of hydrogen-bond donors (Lipinski definition) is 0. The van der Waals surface area contributed by atoms with Gasteiger partial charge in [-0.1, -0.05) is 56.5 Å². The quantitative estimate of drug-likeness (QED) is 0.0552. The van der Waals surface area contributed by atoms with Gasteiger partial charge >= 0.3 is 23.5 Å². The largest absolute Gasteiger partial charge is 0.496 e. The molecule has 0 atom stereocenters. The number of ether oxygens (including phenoxy) is 4. The van der Waals surface area contributed by atoms with Crippen molar-refractivity contribution < 1.29 is 37.7 Å². The van der Waals surface area contributed by atoms with E-state index in [1.54, 1.807) is 76.4 Å². The highest BCUT2D eigenvalue weighted by Crippen LogP contribution is 2.43. The van der Waals surface area contributed by atoms with Crippen LogP contribution >= 0.6 is 0 Å². The zero-order chi connectivity index (χ0) is 40.1. The molecular formula is C47H40O9. The highest BCUT2D eigenvalue weighted by molar-refractivity contribution is 5.93. The van der Waals surface area contributed by atoms with Crippen LogP contribution in [0.15, 0.2) is 138 Å². The Labute approximate surface area is 324 Å². The van der Waals surface area contributed by atoms with E-state index < -0.39 is 28.9 Å². The van der Waals surface area contributed by atoms with E-state index in [1.807, 2.05) is 55.5 Å². The van der Waals surface area contributed by atoms with Gasteiger partial charge in [0, 0.05) is 29.2 Å². The zero-order valence-corrected chi connectivity index (χ0v) is 31.8. The molecule has 9 nitrogen and oxygen atoms in total. The number of hydrogen-bond acceptors (Lipinski definition) is 9. The molecule has 0 N–H and O–H groups in total. The molecule has 56 heavy (non-hydrogen) atoms. The van der Waals surface area contributed by atoms with Crippen LogP contribution in [0.1, 0.15) is 33.3 Å². The molecule has 0 aliphatic heterocycles. The average molecular weight is 749 g/mol. The van der Waals surface area contributed by atoms with Crippen LogP contribution in [0.3, 0.4) is 0 Å². The summed E-state index contributed by atoms with van der Waals surface area (Å²) in [6.45, 7) is 14.2. The summed E-state index contributed by atoms with van der Waals surface area (Å²) >= 11 is 0. The van der Waals surface area contributed by atoms with Gasteiger partial charge in [-0.05, 0) is 127 Å². The Bertz CT molecular complexity index is 2570. The number of esters is 3. The van der Waals surface area contributed by atoms with E-state index in [9.17, 15) is 19.2 Å². The van der Waals surface area contributed by atoms with Crippen molar-refractivity contribution in [3.8, 4) is 67.5 Å². The summed E-state index contributed by atoms with van der Waals surface area (Å²) < 4.78 is 28.0. The van der Waals surface area contributed by atoms with Gasteiger partial charge < -0.3 is 23.4 Å². The third-order valence-electron chi connectivity index (χ3n) is 9.06. The summed E-state index contributed by atoms with van der Waals surface area (Å²) in [7, 11) is 1.58. The van der Waals surface area contributed by atoms with E-state index in [0.717, 1.165) is 45.5 Å². The Hall–Kier alpha value is -7.00. The van der Waals surface area contributed by atoms with E-state index in [0.29, 0.717) is 45.7 Å². The number of aryl methyl sites for hydroxylation is 1. The summed E-state index contributed by atoms with van der Waals surface area (Å²) in [5.74, 6) is 0.0924. The first kappa shape index (κ1) is 38.7. The lowest BCUT2D eigenvalue weighted by Gasteiger charge is -2.19. The van der Waals surface area contributed by atoms with Crippen LogP contribution < -0.4 is 24.6 Å². The predicted octanol–water partition coefficient (Wildman–Crippen LogP) is 10.2. The van der Waals surface area contributed by atoms with Crippen molar-refractivity contribution in [2.45, 2.75) is 34.1 Å². The van der Waals surface area contributed by atoms with Crippen LogP contribution in [-0.2, 0) is 20.8 Å². The Morgan fingerprint density at radius 2 is 1.21 bits per heavy atom. The molecule has 0 amide bonds. The lowest BCUT2D eigenvalue weighted by Crippen LogP contribution is -2.25. The van der Waals surface area contributed by atoms with Gasteiger partial charge in [0.1, 0.15) is 28.6 Å². The Morgan fingerprint density at radius 3 is 1.88 bits per heavy atom. The molecule has 0 radical (unpaired) electrons. The summed E-state index contributed by atoms with van der Waals surface area (Å²) in [5.41, 5.74) is 5.82. The van der Waals surface area contributed by atoms with Crippen molar-refractivity contribution in [3.05, 3.63) is 144 Å². The van der Waals surface area contributed by atoms with Gasteiger partial charge in [-0.3, -0.25) is 4.79 Å². The number of carbonyl (C=O) groups is 3. The Balaban J connectivity index is 1.50. The molecular weight excluding hydrogens is 709 g/mol. The molecule has 0 aliphatic carbocycles. The molecule has 1 aromatic heterocycles. The van der Waals surface area contributed by atoms with Crippen molar-refractivity contribution in [2.24, 2.45) is 5.41 Å². The van der Waals surface area contributed by atoms with E-state index in [2.05, 4.69) is 13.2 Å². The van der Waals surface area contributed by atoms with Gasteiger partial charge in [0.25, 0.3) is 0 Å². The van der Waals surface area contributed by atoms with E-state index in [4.69, 9.17) is 23.4 Å². The molecule has 0 saturated heterocycles. The molecule has 9 heteroatoms. The van der Waals surface area contributed by atoms with Crippen molar-refractivity contribution >= 4 is 28.9 Å². The van der Waals surface area contributed by atoms with Gasteiger partial charge in [-0.15, -0.1) is 0 Å². The van der Waals surface area contributed by atoms with E-state index >= 15 is 0 Å². The van der Waals surface area contributed by atoms with Crippen LogP contribution in [0, 0.1) is 5.41 Å². The van der Waals surface area contributed by atoms with Gasteiger partial charge in [0.05, 0.1) is 18.1 Å². The maximum Gasteiger partial charge on any atom is 0.344 e. The number of benzene rings is 5. The van der Waals surface area contributed by atoms with E-state index in [-0.39, 0.29) is 11.3 Å². The lowest BCUT2D eigenvalue weighted by molar-refractivity contribution is -0.143. The molecule has 0 unspecified atom stereocenters. The molecule has 5 aromatic carbocycles. The molecule has 0 saturated carbocycles. The Kier molecular flexibility index (Phi) is 11.2. The summed E-state index contributed by atoms with van der Waals surface area (Å²) in [4.78, 5) is 49.9. The minimum atomic E-state index is -0.709. The first-order valence-corrected chi connectivity index (χ1v) is 17.9. The summed E-state index contributed by atoms with van der Waals surface area (Å²) in [6, 6.07) is 30.8. The second kappa shape index (κ2) is 16.2. The third kappa shape index (κ3) is 8.37. The molecule has 6 aromatic rings. The lowest BCUT2D eigenvalue weighted by atomic mass is 9.87. The molecule has 0 aliphatic rings. The average Bonchev–Trinajstić information content (AvgIpc) is 3.19. The van der Waals surface area contributed by atoms with Crippen LogP contribution in [0.4, 0.5) is 0 Å². The van der Waals surface area contributed by atoms with Crippen LogP contribution in [0.5, 0.6) is 23.0 Å². The van der Waals surface area contributed by atoms with E-state index in [1.165, 1.54) is 6.07 Å². The standard InChI is InChI=1S/C47H40O9/c1-8-28-23-34(54-44(49)10-3)19-21-36(28)37-20-14-30(29-11-16-33(17-12-29)53-43(48)9-2)24-39(37)40-25-31(15-22-41(40)52-7)38-26-32-13-18-35(27-42(32)56-45(38)50)55-46(51)47(4,5)6/h9-27H,2-3,8H2,1,4-7H3. The third-order valence-corrected chi connectivity index (χ3v) is 9.06. The first-order chi connectivity index (χ1) is 26.8. The van der Waals surface area contributed by atoms with Crippen LogP contribution in [-0.4, -0.2) is 25.0 Å². The molecule has 6 rings (SSSR count). The maximum absolute atomic E-state index is 13.6. The van der Waals surface area contributed by atoms with Crippen LogP contribution in [0.2, 0.25) is 0 Å². The number of carbonyl (C=O) groups excluding carboxylic acids is 3. The SMILES string of the molecule is C=CC(=O)Oc1ccc(-c2ccc(-c3ccc(OC(=O)C=C)cc3CC)c(-c3cc(-c4cc5ccc(OC(=O)C(C)(C)C)cc5oc4=O)ccc3OC)c2)cc1. The minimum absolute atomic E-state index is 0.276. The molecule has 0 spiro atoms. The van der Waals surface area contributed by atoms with Crippen LogP contribution in [0.25, 0.3) is 55.5 Å². The van der Waals surface area contributed by atoms with Crippen molar-refractivity contribution in [1.82, 2.24) is 0 Å². The topological polar surface area (TPSA) is 118 Å². The highest BCUT2D eigenvalue weighted by Gasteiger charge is 2.24. The number of rotatable bonds is 11.